The summed E-state index contributed by atoms with van der Waals surface area (Å²) in [5, 5.41) is 2.87. The summed E-state index contributed by atoms with van der Waals surface area (Å²) in [6.07, 6.45) is 0. The first-order valence-corrected chi connectivity index (χ1v) is 8.33. The van der Waals surface area contributed by atoms with E-state index in [1.165, 1.54) is 44.2 Å². The quantitative estimate of drug-likeness (QED) is 0.766. The van der Waals surface area contributed by atoms with Crippen molar-refractivity contribution in [3.05, 3.63) is 53.1 Å². The molecule has 1 N–H and O–H groups in total. The Morgan fingerprint density at radius 1 is 1.11 bits per heavy atom. The van der Waals surface area contributed by atoms with E-state index in [1.54, 1.807) is 24.3 Å². The first-order chi connectivity index (χ1) is 12.8. The summed E-state index contributed by atoms with van der Waals surface area (Å²) in [5.74, 6) is -0.776. The van der Waals surface area contributed by atoms with Gasteiger partial charge in [0.15, 0.2) is 0 Å². The average Bonchev–Trinajstić information content (AvgIpc) is 2.67. The number of halogens is 1. The van der Waals surface area contributed by atoms with Gasteiger partial charge in [-0.25, -0.2) is 4.79 Å². The van der Waals surface area contributed by atoms with Crippen molar-refractivity contribution in [1.29, 1.82) is 0 Å². The summed E-state index contributed by atoms with van der Waals surface area (Å²) < 4.78 is 9.80. The number of hydrogen-bond donors (Lipinski definition) is 1. The minimum absolute atomic E-state index is 0.235. The molecule has 2 amide bonds. The Morgan fingerprint density at radius 2 is 1.85 bits per heavy atom. The van der Waals surface area contributed by atoms with Gasteiger partial charge in [-0.15, -0.1) is 0 Å². The SMILES string of the molecule is COC(=O)c1ccc(Cl)c(NC(=O)CN(C(C)=O)c2cccc(OC)c2)c1. The molecular formula is C19H19ClN2O5. The van der Waals surface area contributed by atoms with Crippen LogP contribution in [0, 0.1) is 0 Å². The van der Waals surface area contributed by atoms with E-state index in [1.807, 2.05) is 0 Å². The first-order valence-electron chi connectivity index (χ1n) is 7.95. The summed E-state index contributed by atoms with van der Waals surface area (Å²) in [5.41, 5.74) is 1.01. The number of anilines is 2. The van der Waals surface area contributed by atoms with Gasteiger partial charge in [0.25, 0.3) is 0 Å². The molecule has 0 saturated carbocycles. The van der Waals surface area contributed by atoms with Gasteiger partial charge >= 0.3 is 5.97 Å². The topological polar surface area (TPSA) is 84.9 Å². The molecule has 2 rings (SSSR count). The summed E-state index contributed by atoms with van der Waals surface area (Å²) in [7, 11) is 2.77. The fourth-order valence-corrected chi connectivity index (χ4v) is 2.53. The number of carbonyl (C=O) groups is 3. The van der Waals surface area contributed by atoms with Crippen molar-refractivity contribution in [3.8, 4) is 5.75 Å². The van der Waals surface area contributed by atoms with Gasteiger partial charge in [0.2, 0.25) is 11.8 Å². The third-order valence-electron chi connectivity index (χ3n) is 3.71. The van der Waals surface area contributed by atoms with Gasteiger partial charge in [0, 0.05) is 18.7 Å². The summed E-state index contributed by atoms with van der Waals surface area (Å²) in [6, 6.07) is 11.2. The number of ether oxygens (including phenoxy) is 2. The van der Waals surface area contributed by atoms with Crippen LogP contribution in [0.5, 0.6) is 5.75 Å². The van der Waals surface area contributed by atoms with Crippen LogP contribution < -0.4 is 15.0 Å². The molecule has 0 radical (unpaired) electrons. The van der Waals surface area contributed by atoms with Crippen LogP contribution in [0.4, 0.5) is 11.4 Å². The Hall–Kier alpha value is -3.06. The molecule has 142 valence electrons. The van der Waals surface area contributed by atoms with Crippen LogP contribution in [-0.4, -0.2) is 38.5 Å². The Kier molecular flexibility index (Phi) is 6.79. The number of hydrogen-bond acceptors (Lipinski definition) is 5. The second-order valence-corrected chi connectivity index (χ2v) is 5.95. The molecule has 0 aromatic heterocycles. The number of nitrogens with zero attached hydrogens (tertiary/aromatic N) is 1. The Bertz CT molecular complexity index is 869. The molecule has 8 heteroatoms. The van der Waals surface area contributed by atoms with E-state index in [2.05, 4.69) is 10.1 Å². The highest BCUT2D eigenvalue weighted by molar-refractivity contribution is 6.34. The number of nitrogens with one attached hydrogen (secondary N) is 1. The summed E-state index contributed by atoms with van der Waals surface area (Å²) >= 11 is 6.08. The second kappa shape index (κ2) is 9.05. The van der Waals surface area contributed by atoms with Gasteiger partial charge in [0.1, 0.15) is 12.3 Å². The fourth-order valence-electron chi connectivity index (χ4n) is 2.36. The van der Waals surface area contributed by atoms with Crippen molar-refractivity contribution in [1.82, 2.24) is 0 Å². The van der Waals surface area contributed by atoms with Crippen LogP contribution in [0.15, 0.2) is 42.5 Å². The number of esters is 1. The number of amides is 2. The van der Waals surface area contributed by atoms with Crippen LogP contribution in [0.3, 0.4) is 0 Å². The highest BCUT2D eigenvalue weighted by atomic mass is 35.5. The zero-order valence-corrected chi connectivity index (χ0v) is 15.9. The van der Waals surface area contributed by atoms with E-state index < -0.39 is 11.9 Å². The second-order valence-electron chi connectivity index (χ2n) is 5.54. The van der Waals surface area contributed by atoms with E-state index in [9.17, 15) is 14.4 Å². The zero-order valence-electron chi connectivity index (χ0n) is 15.1. The molecule has 0 spiro atoms. The van der Waals surface area contributed by atoms with E-state index in [0.29, 0.717) is 11.4 Å². The predicted octanol–water partition coefficient (Wildman–Crippen LogP) is 3.13. The average molecular weight is 391 g/mol. The molecule has 27 heavy (non-hydrogen) atoms. The third kappa shape index (κ3) is 5.21. The normalized spacial score (nSPS) is 10.1. The maximum Gasteiger partial charge on any atom is 0.337 e. The highest BCUT2D eigenvalue weighted by Gasteiger charge is 2.18. The molecule has 2 aromatic rings. The van der Waals surface area contributed by atoms with Gasteiger partial charge in [-0.1, -0.05) is 17.7 Å². The molecule has 0 atom stereocenters. The molecule has 0 aliphatic carbocycles. The third-order valence-corrected chi connectivity index (χ3v) is 4.04. The van der Waals surface area contributed by atoms with E-state index in [-0.39, 0.29) is 28.7 Å². The summed E-state index contributed by atoms with van der Waals surface area (Å²) in [6.45, 7) is 1.12. The van der Waals surface area contributed by atoms with Gasteiger partial charge in [-0.3, -0.25) is 9.59 Å². The van der Waals surface area contributed by atoms with Crippen LogP contribution in [-0.2, 0) is 14.3 Å². The van der Waals surface area contributed by atoms with Crippen LogP contribution in [0.25, 0.3) is 0 Å². The van der Waals surface area contributed by atoms with E-state index in [4.69, 9.17) is 16.3 Å². The Morgan fingerprint density at radius 3 is 2.48 bits per heavy atom. The molecule has 0 bridgehead atoms. The monoisotopic (exact) mass is 390 g/mol. The maximum atomic E-state index is 12.4. The number of carbonyl (C=O) groups excluding carboxylic acids is 3. The lowest BCUT2D eigenvalue weighted by Crippen LogP contribution is -2.36. The largest absolute Gasteiger partial charge is 0.497 e. The van der Waals surface area contributed by atoms with Crippen molar-refractivity contribution in [2.45, 2.75) is 6.92 Å². The first kappa shape index (κ1) is 20.3. The maximum absolute atomic E-state index is 12.4. The molecule has 2 aromatic carbocycles. The van der Waals surface area contributed by atoms with Gasteiger partial charge in [0.05, 0.1) is 30.5 Å². The number of benzene rings is 2. The Labute approximate surface area is 161 Å². The molecule has 0 saturated heterocycles. The lowest BCUT2D eigenvalue weighted by Gasteiger charge is -2.21. The number of rotatable bonds is 6. The number of methoxy groups -OCH3 is 2. The van der Waals surface area contributed by atoms with Crippen LogP contribution in [0.2, 0.25) is 5.02 Å². The predicted molar refractivity (Wildman–Crippen MR) is 102 cm³/mol. The van der Waals surface area contributed by atoms with Crippen molar-refractivity contribution < 1.29 is 23.9 Å². The molecule has 0 aliphatic rings. The van der Waals surface area contributed by atoms with Crippen molar-refractivity contribution in [2.24, 2.45) is 0 Å². The van der Waals surface area contributed by atoms with Crippen molar-refractivity contribution in [2.75, 3.05) is 31.0 Å². The molecule has 0 heterocycles. The summed E-state index contributed by atoms with van der Waals surface area (Å²) in [4.78, 5) is 37.4. The Balaban J connectivity index is 2.19. The van der Waals surface area contributed by atoms with Crippen LogP contribution >= 0.6 is 11.6 Å². The van der Waals surface area contributed by atoms with Crippen molar-refractivity contribution in [3.63, 3.8) is 0 Å². The molecule has 0 aliphatic heterocycles. The minimum Gasteiger partial charge on any atom is -0.497 e. The van der Waals surface area contributed by atoms with Crippen LogP contribution in [0.1, 0.15) is 17.3 Å². The lowest BCUT2D eigenvalue weighted by molar-refractivity contribution is -0.120. The van der Waals surface area contributed by atoms with Gasteiger partial charge in [-0.2, -0.15) is 0 Å². The molecule has 7 nitrogen and oxygen atoms in total. The zero-order chi connectivity index (χ0) is 20.0. The fraction of sp³-hybridized carbons (Fsp3) is 0.211. The minimum atomic E-state index is -0.552. The van der Waals surface area contributed by atoms with Crippen molar-refractivity contribution >= 4 is 40.8 Å². The molecule has 0 fully saturated rings. The lowest BCUT2D eigenvalue weighted by atomic mass is 10.2. The van der Waals surface area contributed by atoms with Gasteiger partial charge in [-0.05, 0) is 30.3 Å². The standard InChI is InChI=1S/C19H19ClN2O5/c1-12(23)22(14-5-4-6-15(10-14)26-2)11-18(24)21-17-9-13(19(25)27-3)7-8-16(17)20/h4-10H,11H2,1-3H3,(H,21,24). The van der Waals surface area contributed by atoms with E-state index in [0.717, 1.165) is 0 Å². The van der Waals surface area contributed by atoms with E-state index >= 15 is 0 Å². The smallest absolute Gasteiger partial charge is 0.337 e. The molecule has 0 unspecified atom stereocenters. The molecular weight excluding hydrogens is 372 g/mol. The highest BCUT2D eigenvalue weighted by Crippen LogP contribution is 2.24. The van der Waals surface area contributed by atoms with Gasteiger partial charge < -0.3 is 19.7 Å².